The zero-order chi connectivity index (χ0) is 28.1. The van der Waals surface area contributed by atoms with Gasteiger partial charge in [-0.15, -0.1) is 0 Å². The lowest BCUT2D eigenvalue weighted by molar-refractivity contribution is 0.0653. The van der Waals surface area contributed by atoms with Crippen molar-refractivity contribution in [2.24, 2.45) is 0 Å². The standard InChI is InChI=1S/C32H28N4O6/c1-5-21-25(33-9-1)26-22(6-2-10-34-26)30-29(21)39-17-13-37-15-19-41-31-23-7-3-11-35-27(23)28-24(8-4-12-36-28)32(31)42-20-16-38-14-18-40-30/h1-12H,13-20H2. The summed E-state index contributed by atoms with van der Waals surface area (Å²) in [5.74, 6) is 2.43. The average molecular weight is 565 g/mol. The minimum absolute atomic E-state index is 0.311. The first-order chi connectivity index (χ1) is 20.9. The van der Waals surface area contributed by atoms with E-state index in [1.165, 1.54) is 0 Å². The molecule has 0 bridgehead atoms. The molecule has 5 heterocycles. The first kappa shape index (κ1) is 26.1. The summed E-state index contributed by atoms with van der Waals surface area (Å²) >= 11 is 0. The lowest BCUT2D eigenvalue weighted by Crippen LogP contribution is -2.16. The van der Waals surface area contributed by atoms with Gasteiger partial charge in [0.2, 0.25) is 0 Å². The van der Waals surface area contributed by atoms with Crippen LogP contribution < -0.4 is 18.9 Å². The molecule has 42 heavy (non-hydrogen) atoms. The Morgan fingerprint density at radius 2 is 0.619 bits per heavy atom. The van der Waals surface area contributed by atoms with Crippen molar-refractivity contribution < 1.29 is 28.4 Å². The molecule has 0 fully saturated rings. The highest BCUT2D eigenvalue weighted by atomic mass is 16.6. The Labute approximate surface area is 241 Å². The maximum absolute atomic E-state index is 6.28. The molecule has 0 unspecified atom stereocenters. The molecule has 0 N–H and O–H groups in total. The van der Waals surface area contributed by atoms with Gasteiger partial charge in [0.1, 0.15) is 48.5 Å². The van der Waals surface area contributed by atoms with Crippen LogP contribution in [-0.2, 0) is 9.47 Å². The van der Waals surface area contributed by atoms with Gasteiger partial charge in [0.25, 0.3) is 0 Å². The topological polar surface area (TPSA) is 107 Å². The number of benzene rings is 2. The predicted octanol–water partition coefficient (Wildman–Crippen LogP) is 5.14. The zero-order valence-corrected chi connectivity index (χ0v) is 22.8. The summed E-state index contributed by atoms with van der Waals surface area (Å²) in [6.07, 6.45) is 7.00. The molecule has 0 aliphatic carbocycles. The quantitative estimate of drug-likeness (QED) is 0.230. The second kappa shape index (κ2) is 12.0. The molecule has 212 valence electrons. The number of aromatic nitrogens is 4. The van der Waals surface area contributed by atoms with Crippen LogP contribution in [-0.4, -0.2) is 72.8 Å². The highest BCUT2D eigenvalue weighted by Gasteiger charge is 2.20. The largest absolute Gasteiger partial charge is 0.487 e. The third-order valence-corrected chi connectivity index (χ3v) is 6.97. The molecule has 2 aromatic carbocycles. The molecule has 0 atom stereocenters. The van der Waals surface area contributed by atoms with Crippen molar-refractivity contribution in [3.63, 3.8) is 0 Å². The van der Waals surface area contributed by atoms with Gasteiger partial charge in [0, 0.05) is 46.3 Å². The molecule has 0 saturated carbocycles. The van der Waals surface area contributed by atoms with E-state index in [1.807, 2.05) is 48.5 Å². The van der Waals surface area contributed by atoms with E-state index in [4.69, 9.17) is 28.4 Å². The fourth-order valence-corrected chi connectivity index (χ4v) is 5.19. The summed E-state index contributed by atoms with van der Waals surface area (Å²) in [4.78, 5) is 18.3. The van der Waals surface area contributed by atoms with Crippen LogP contribution in [0.15, 0.2) is 73.3 Å². The maximum Gasteiger partial charge on any atom is 0.171 e. The Morgan fingerprint density at radius 3 is 0.881 bits per heavy atom. The number of pyridine rings is 4. The summed E-state index contributed by atoms with van der Waals surface area (Å²) in [6, 6.07) is 15.3. The summed E-state index contributed by atoms with van der Waals surface area (Å²) in [6.45, 7) is 2.66. The van der Waals surface area contributed by atoms with Gasteiger partial charge in [0.15, 0.2) is 23.0 Å². The summed E-state index contributed by atoms with van der Waals surface area (Å²) in [5.41, 5.74) is 3.01. The summed E-state index contributed by atoms with van der Waals surface area (Å²) < 4.78 is 36.9. The molecule has 1 aliphatic heterocycles. The van der Waals surface area contributed by atoms with Gasteiger partial charge in [-0.25, -0.2) is 0 Å². The molecule has 1 aliphatic rings. The van der Waals surface area contributed by atoms with E-state index in [1.54, 1.807) is 24.8 Å². The Morgan fingerprint density at radius 1 is 0.357 bits per heavy atom. The van der Waals surface area contributed by atoms with Crippen LogP contribution in [0.25, 0.3) is 43.6 Å². The van der Waals surface area contributed by atoms with Gasteiger partial charge in [-0.05, 0) is 48.5 Å². The average Bonchev–Trinajstić information content (AvgIpc) is 3.04. The van der Waals surface area contributed by atoms with Gasteiger partial charge in [-0.1, -0.05) is 0 Å². The molecule has 0 radical (unpaired) electrons. The number of hydrogen-bond donors (Lipinski definition) is 0. The second-order valence-electron chi connectivity index (χ2n) is 9.53. The number of fused-ring (bicyclic) bond motifs is 12. The van der Waals surface area contributed by atoms with Gasteiger partial charge in [-0.3, -0.25) is 19.9 Å². The van der Waals surface area contributed by atoms with Crippen LogP contribution >= 0.6 is 0 Å². The van der Waals surface area contributed by atoms with Crippen LogP contribution in [0.3, 0.4) is 0 Å². The molecule has 4 aromatic heterocycles. The molecule has 10 heteroatoms. The monoisotopic (exact) mass is 564 g/mol. The molecule has 10 nitrogen and oxygen atoms in total. The molecular weight excluding hydrogens is 536 g/mol. The summed E-state index contributed by atoms with van der Waals surface area (Å²) in [5, 5.41) is 3.29. The Balaban J connectivity index is 1.17. The highest BCUT2D eigenvalue weighted by molar-refractivity contribution is 6.10. The van der Waals surface area contributed by atoms with Crippen molar-refractivity contribution in [1.82, 2.24) is 19.9 Å². The van der Waals surface area contributed by atoms with E-state index >= 15 is 0 Å². The Hall–Kier alpha value is -4.80. The third-order valence-electron chi connectivity index (χ3n) is 6.97. The van der Waals surface area contributed by atoms with Crippen molar-refractivity contribution in [3.05, 3.63) is 73.3 Å². The first-order valence-electron chi connectivity index (χ1n) is 13.9. The fourth-order valence-electron chi connectivity index (χ4n) is 5.19. The van der Waals surface area contributed by atoms with Crippen LogP contribution in [0.2, 0.25) is 0 Å². The summed E-state index contributed by atoms with van der Waals surface area (Å²) in [7, 11) is 0. The van der Waals surface area contributed by atoms with Gasteiger partial charge in [-0.2, -0.15) is 0 Å². The number of hydrogen-bond acceptors (Lipinski definition) is 10. The van der Waals surface area contributed by atoms with E-state index in [0.29, 0.717) is 75.9 Å². The van der Waals surface area contributed by atoms with E-state index in [9.17, 15) is 0 Å². The van der Waals surface area contributed by atoms with Crippen molar-refractivity contribution in [2.75, 3.05) is 52.9 Å². The van der Waals surface area contributed by atoms with Crippen molar-refractivity contribution in [3.8, 4) is 23.0 Å². The van der Waals surface area contributed by atoms with Crippen LogP contribution in [0.1, 0.15) is 0 Å². The van der Waals surface area contributed by atoms with E-state index in [0.717, 1.165) is 43.6 Å². The smallest absolute Gasteiger partial charge is 0.171 e. The SMILES string of the molecule is c1cnc2c(c1)c1c(c3cccnc32)OCCOCCOc2c(c3cccnc3c3ncccc23)OCCOCCO1. The second-order valence-corrected chi connectivity index (χ2v) is 9.53. The zero-order valence-electron chi connectivity index (χ0n) is 22.8. The van der Waals surface area contributed by atoms with Crippen molar-refractivity contribution in [2.45, 2.75) is 0 Å². The highest BCUT2D eigenvalue weighted by Crippen LogP contribution is 2.43. The van der Waals surface area contributed by atoms with Crippen molar-refractivity contribution in [1.29, 1.82) is 0 Å². The minimum Gasteiger partial charge on any atom is -0.487 e. The molecule has 0 amide bonds. The van der Waals surface area contributed by atoms with Crippen LogP contribution in [0.4, 0.5) is 0 Å². The van der Waals surface area contributed by atoms with Crippen molar-refractivity contribution >= 4 is 43.6 Å². The molecule has 0 saturated heterocycles. The van der Waals surface area contributed by atoms with E-state index in [-0.39, 0.29) is 0 Å². The number of ether oxygens (including phenoxy) is 6. The lowest BCUT2D eigenvalue weighted by atomic mass is 10.1. The van der Waals surface area contributed by atoms with Gasteiger partial charge in [0.05, 0.1) is 26.4 Å². The molecular formula is C32H28N4O6. The fraction of sp³-hybridized carbons (Fsp3) is 0.250. The van der Waals surface area contributed by atoms with E-state index < -0.39 is 0 Å². The van der Waals surface area contributed by atoms with Crippen LogP contribution in [0.5, 0.6) is 23.0 Å². The Kier molecular flexibility index (Phi) is 7.45. The Bertz CT molecular complexity index is 1610. The maximum atomic E-state index is 6.28. The third kappa shape index (κ3) is 4.95. The van der Waals surface area contributed by atoms with Gasteiger partial charge < -0.3 is 28.4 Å². The van der Waals surface area contributed by atoms with E-state index in [2.05, 4.69) is 19.9 Å². The minimum atomic E-state index is 0.311. The predicted molar refractivity (Wildman–Crippen MR) is 158 cm³/mol. The lowest BCUT2D eigenvalue weighted by Gasteiger charge is -2.19. The molecule has 7 rings (SSSR count). The molecule has 0 spiro atoms. The number of rotatable bonds is 0. The van der Waals surface area contributed by atoms with Crippen LogP contribution in [0, 0.1) is 0 Å². The normalized spacial score (nSPS) is 15.4. The number of nitrogens with zero attached hydrogens (tertiary/aromatic N) is 4. The molecule has 6 aromatic rings. The first-order valence-corrected chi connectivity index (χ1v) is 13.9. The van der Waals surface area contributed by atoms with Gasteiger partial charge >= 0.3 is 0 Å².